The molecule has 0 bridgehead atoms. The number of ketones is 1. The lowest BCUT2D eigenvalue weighted by atomic mass is 10.2. The van der Waals surface area contributed by atoms with E-state index in [1.807, 2.05) is 0 Å². The third kappa shape index (κ3) is 2.35. The van der Waals surface area contributed by atoms with Crippen LogP contribution in [0.3, 0.4) is 0 Å². The highest BCUT2D eigenvalue weighted by atomic mass is 16.5. The number of carbonyl (C=O) groups excluding carboxylic acids is 1. The van der Waals surface area contributed by atoms with Gasteiger partial charge in [0.25, 0.3) is 0 Å². The van der Waals surface area contributed by atoms with Crippen LogP contribution in [0.1, 0.15) is 16.2 Å². The zero-order valence-corrected chi connectivity index (χ0v) is 9.91. The average Bonchev–Trinajstić information content (AvgIpc) is 2.87. The van der Waals surface area contributed by atoms with Crippen LogP contribution in [0.2, 0.25) is 0 Å². The number of hydrogen-bond acceptors (Lipinski definition) is 6. The molecule has 0 aromatic carbocycles. The molecule has 0 unspecified atom stereocenters. The van der Waals surface area contributed by atoms with E-state index in [0.29, 0.717) is 18.8 Å². The predicted octanol–water partition coefficient (Wildman–Crippen LogP) is -0.129. The second-order valence-electron chi connectivity index (χ2n) is 3.54. The van der Waals surface area contributed by atoms with E-state index < -0.39 is 0 Å². The topological polar surface area (TPSA) is 95.9 Å². The van der Waals surface area contributed by atoms with Crippen molar-refractivity contribution in [2.75, 3.05) is 13.7 Å². The summed E-state index contributed by atoms with van der Waals surface area (Å²) in [6.07, 6.45) is 3.07. The molecule has 0 atom stereocenters. The minimum atomic E-state index is -0.323. The second kappa shape index (κ2) is 5.37. The Labute approximate surface area is 104 Å². The Hall–Kier alpha value is -2.28. The fraction of sp³-hybridized carbons (Fsp3) is 0.273. The van der Waals surface area contributed by atoms with Gasteiger partial charge in [-0.05, 0) is 12.1 Å². The van der Waals surface area contributed by atoms with Gasteiger partial charge in [-0.2, -0.15) is 0 Å². The molecule has 0 aliphatic rings. The van der Waals surface area contributed by atoms with Gasteiger partial charge >= 0.3 is 0 Å². The Morgan fingerprint density at radius 3 is 3.11 bits per heavy atom. The van der Waals surface area contributed by atoms with Gasteiger partial charge in [0.05, 0.1) is 19.9 Å². The zero-order chi connectivity index (χ0) is 13.0. The number of aromatic nitrogens is 4. The van der Waals surface area contributed by atoms with E-state index in [1.165, 1.54) is 18.0 Å². The largest absolute Gasteiger partial charge is 0.494 e. The van der Waals surface area contributed by atoms with Crippen LogP contribution in [0.15, 0.2) is 24.5 Å². The number of hydrogen-bond donors (Lipinski definition) is 1. The van der Waals surface area contributed by atoms with Gasteiger partial charge < -0.3 is 10.5 Å². The van der Waals surface area contributed by atoms with Crippen molar-refractivity contribution in [1.82, 2.24) is 20.0 Å². The van der Waals surface area contributed by atoms with Gasteiger partial charge in [-0.25, -0.2) is 4.98 Å². The molecule has 0 aliphatic carbocycles. The van der Waals surface area contributed by atoms with E-state index in [4.69, 9.17) is 10.5 Å². The summed E-state index contributed by atoms with van der Waals surface area (Å²) in [5.41, 5.74) is 5.84. The molecule has 18 heavy (non-hydrogen) atoms. The van der Waals surface area contributed by atoms with Gasteiger partial charge in [0.15, 0.2) is 11.4 Å². The summed E-state index contributed by atoms with van der Waals surface area (Å²) < 4.78 is 6.60. The first-order valence-electron chi connectivity index (χ1n) is 5.40. The number of methoxy groups -OCH3 is 1. The monoisotopic (exact) mass is 247 g/mol. The molecule has 0 radical (unpaired) electrons. The van der Waals surface area contributed by atoms with Crippen LogP contribution in [0.4, 0.5) is 0 Å². The molecule has 2 aromatic heterocycles. The molecule has 0 aliphatic heterocycles. The Kier molecular flexibility index (Phi) is 3.63. The number of nitrogens with zero attached hydrogens (tertiary/aromatic N) is 4. The Morgan fingerprint density at radius 1 is 1.56 bits per heavy atom. The van der Waals surface area contributed by atoms with Gasteiger partial charge in [-0.15, -0.1) is 5.10 Å². The highest BCUT2D eigenvalue weighted by Gasteiger charge is 2.18. The third-order valence-corrected chi connectivity index (χ3v) is 2.34. The molecule has 2 rings (SSSR count). The van der Waals surface area contributed by atoms with Crippen molar-refractivity contribution >= 4 is 5.78 Å². The Morgan fingerprint density at radius 2 is 2.39 bits per heavy atom. The SMILES string of the molecule is COc1cccnc1C(=O)c1cn(CCN)nn1. The van der Waals surface area contributed by atoms with Crippen molar-refractivity contribution in [3.05, 3.63) is 35.9 Å². The molecule has 0 spiro atoms. The van der Waals surface area contributed by atoms with Gasteiger partial charge in [-0.3, -0.25) is 9.48 Å². The number of rotatable bonds is 5. The van der Waals surface area contributed by atoms with E-state index in [0.717, 1.165) is 0 Å². The molecule has 2 N–H and O–H groups in total. The summed E-state index contributed by atoms with van der Waals surface area (Å²) in [7, 11) is 1.49. The normalized spacial score (nSPS) is 10.3. The second-order valence-corrected chi connectivity index (χ2v) is 3.54. The van der Waals surface area contributed by atoms with Crippen LogP contribution < -0.4 is 10.5 Å². The third-order valence-electron chi connectivity index (χ3n) is 2.34. The maximum Gasteiger partial charge on any atom is 0.237 e. The lowest BCUT2D eigenvalue weighted by Crippen LogP contribution is -2.10. The Bertz CT molecular complexity index is 552. The van der Waals surface area contributed by atoms with Crippen LogP contribution in [-0.4, -0.2) is 39.4 Å². The average molecular weight is 247 g/mol. The highest BCUT2D eigenvalue weighted by molar-refractivity contribution is 6.07. The van der Waals surface area contributed by atoms with Gasteiger partial charge in [-0.1, -0.05) is 5.21 Å². The molecule has 7 heteroatoms. The van der Waals surface area contributed by atoms with E-state index in [9.17, 15) is 4.79 Å². The van der Waals surface area contributed by atoms with Crippen molar-refractivity contribution in [3.63, 3.8) is 0 Å². The molecule has 94 valence electrons. The number of ether oxygens (including phenoxy) is 1. The summed E-state index contributed by atoms with van der Waals surface area (Å²) in [4.78, 5) is 16.2. The minimum Gasteiger partial charge on any atom is -0.494 e. The number of pyridine rings is 1. The maximum atomic E-state index is 12.2. The lowest BCUT2D eigenvalue weighted by Gasteiger charge is -2.03. The number of carbonyl (C=O) groups is 1. The van der Waals surface area contributed by atoms with Crippen molar-refractivity contribution < 1.29 is 9.53 Å². The molecule has 0 saturated carbocycles. The maximum absolute atomic E-state index is 12.2. The first kappa shape index (κ1) is 12.2. The summed E-state index contributed by atoms with van der Waals surface area (Å²) in [5, 5.41) is 7.60. The molecule has 2 heterocycles. The summed E-state index contributed by atoms with van der Waals surface area (Å²) in [6, 6.07) is 3.37. The van der Waals surface area contributed by atoms with E-state index in [2.05, 4.69) is 15.3 Å². The molecular weight excluding hydrogens is 234 g/mol. The molecule has 7 nitrogen and oxygen atoms in total. The van der Waals surface area contributed by atoms with E-state index >= 15 is 0 Å². The predicted molar refractivity (Wildman–Crippen MR) is 63.3 cm³/mol. The van der Waals surface area contributed by atoms with E-state index in [1.54, 1.807) is 18.3 Å². The first-order chi connectivity index (χ1) is 8.76. The van der Waals surface area contributed by atoms with Crippen LogP contribution in [0, 0.1) is 0 Å². The minimum absolute atomic E-state index is 0.222. The lowest BCUT2D eigenvalue weighted by molar-refractivity contribution is 0.102. The molecular formula is C11H13N5O2. The molecule has 0 fully saturated rings. The van der Waals surface area contributed by atoms with Crippen LogP contribution in [0.5, 0.6) is 5.75 Å². The Balaban J connectivity index is 2.29. The van der Waals surface area contributed by atoms with Crippen molar-refractivity contribution in [1.29, 1.82) is 0 Å². The smallest absolute Gasteiger partial charge is 0.237 e. The van der Waals surface area contributed by atoms with Gasteiger partial charge in [0, 0.05) is 12.7 Å². The van der Waals surface area contributed by atoms with Crippen molar-refractivity contribution in [2.45, 2.75) is 6.54 Å². The zero-order valence-electron chi connectivity index (χ0n) is 9.91. The fourth-order valence-corrected chi connectivity index (χ4v) is 1.49. The molecule has 0 saturated heterocycles. The van der Waals surface area contributed by atoms with E-state index in [-0.39, 0.29) is 17.2 Å². The summed E-state index contributed by atoms with van der Waals surface area (Å²) in [6.45, 7) is 0.948. The van der Waals surface area contributed by atoms with Crippen molar-refractivity contribution in [3.8, 4) is 5.75 Å². The van der Waals surface area contributed by atoms with Gasteiger partial charge in [0.1, 0.15) is 5.75 Å². The summed E-state index contributed by atoms with van der Waals surface area (Å²) >= 11 is 0. The van der Waals surface area contributed by atoms with Crippen molar-refractivity contribution in [2.24, 2.45) is 5.73 Å². The summed E-state index contributed by atoms with van der Waals surface area (Å²) in [5.74, 6) is 0.0894. The number of nitrogens with two attached hydrogens (primary N) is 1. The van der Waals surface area contributed by atoms with Crippen LogP contribution in [-0.2, 0) is 6.54 Å². The standard InChI is InChI=1S/C11H13N5O2/c1-18-9-3-2-5-13-10(9)11(17)8-7-16(6-4-12)15-14-8/h2-3,5,7H,4,6,12H2,1H3. The van der Waals surface area contributed by atoms with Gasteiger partial charge in [0.2, 0.25) is 5.78 Å². The fourth-order valence-electron chi connectivity index (χ4n) is 1.49. The van der Waals surface area contributed by atoms with Crippen LogP contribution in [0.25, 0.3) is 0 Å². The highest BCUT2D eigenvalue weighted by Crippen LogP contribution is 2.17. The quantitative estimate of drug-likeness (QED) is 0.739. The first-order valence-corrected chi connectivity index (χ1v) is 5.40. The molecule has 2 aromatic rings. The molecule has 0 amide bonds. The van der Waals surface area contributed by atoms with Crippen LogP contribution >= 0.6 is 0 Å².